The van der Waals surface area contributed by atoms with Gasteiger partial charge in [0, 0.05) is 18.8 Å². The molecule has 1 heterocycles. The highest BCUT2D eigenvalue weighted by Gasteiger charge is 2.09. The fourth-order valence-electron chi connectivity index (χ4n) is 2.40. The van der Waals surface area contributed by atoms with E-state index in [0.29, 0.717) is 23.2 Å². The zero-order valence-electron chi connectivity index (χ0n) is 12.4. The van der Waals surface area contributed by atoms with Gasteiger partial charge in [-0.3, -0.25) is 9.36 Å². The van der Waals surface area contributed by atoms with E-state index in [0.717, 1.165) is 11.1 Å². The third kappa shape index (κ3) is 2.65. The van der Waals surface area contributed by atoms with Crippen LogP contribution in [0, 0.1) is 6.92 Å². The number of oxazole rings is 1. The summed E-state index contributed by atoms with van der Waals surface area (Å²) >= 11 is 0. The molecule has 0 radical (unpaired) electrons. The summed E-state index contributed by atoms with van der Waals surface area (Å²) in [5.41, 5.74) is 3.85. The second-order valence-corrected chi connectivity index (χ2v) is 5.26. The van der Waals surface area contributed by atoms with Gasteiger partial charge in [0.2, 0.25) is 5.91 Å². The molecule has 2 aromatic carbocycles. The molecule has 0 saturated carbocycles. The molecule has 1 aromatic heterocycles. The lowest BCUT2D eigenvalue weighted by molar-refractivity contribution is -0.115. The zero-order chi connectivity index (χ0) is 15.7. The molecule has 0 aliphatic heterocycles. The molecular formula is C17H16N2O3. The van der Waals surface area contributed by atoms with Gasteiger partial charge in [0.1, 0.15) is 0 Å². The highest BCUT2D eigenvalue weighted by molar-refractivity contribution is 5.94. The normalized spacial score (nSPS) is 10.8. The van der Waals surface area contributed by atoms with Gasteiger partial charge in [0.25, 0.3) is 0 Å². The van der Waals surface area contributed by atoms with Crippen molar-refractivity contribution >= 4 is 22.7 Å². The summed E-state index contributed by atoms with van der Waals surface area (Å²) < 4.78 is 6.54. The summed E-state index contributed by atoms with van der Waals surface area (Å²) in [6, 6.07) is 13.0. The number of anilines is 1. The van der Waals surface area contributed by atoms with Crippen molar-refractivity contribution in [2.24, 2.45) is 7.05 Å². The minimum atomic E-state index is -0.418. The Bertz CT molecular complexity index is 906. The second kappa shape index (κ2) is 5.52. The van der Waals surface area contributed by atoms with Crippen molar-refractivity contribution in [2.75, 3.05) is 5.32 Å². The van der Waals surface area contributed by atoms with Crippen molar-refractivity contribution in [1.82, 2.24) is 4.57 Å². The van der Waals surface area contributed by atoms with E-state index in [-0.39, 0.29) is 5.91 Å². The van der Waals surface area contributed by atoms with Crippen LogP contribution in [0.15, 0.2) is 51.7 Å². The zero-order valence-corrected chi connectivity index (χ0v) is 12.4. The average Bonchev–Trinajstić information content (AvgIpc) is 2.76. The quantitative estimate of drug-likeness (QED) is 0.808. The van der Waals surface area contributed by atoms with E-state index in [4.69, 9.17) is 4.42 Å². The molecule has 3 rings (SSSR count). The molecule has 0 fully saturated rings. The number of fused-ring (bicyclic) bond motifs is 1. The first-order valence-corrected chi connectivity index (χ1v) is 6.98. The second-order valence-electron chi connectivity index (χ2n) is 5.26. The van der Waals surface area contributed by atoms with Crippen LogP contribution in [0.3, 0.4) is 0 Å². The standard InChI is InChI=1S/C17H16N2O3/c1-11-5-3-4-6-12(11)9-16(20)18-13-7-8-14-15(10-13)22-17(21)19(14)2/h3-8,10H,9H2,1-2H3,(H,18,20). The van der Waals surface area contributed by atoms with Crippen molar-refractivity contribution in [1.29, 1.82) is 0 Å². The van der Waals surface area contributed by atoms with Gasteiger partial charge in [-0.25, -0.2) is 4.79 Å². The molecule has 112 valence electrons. The van der Waals surface area contributed by atoms with E-state index in [9.17, 15) is 9.59 Å². The van der Waals surface area contributed by atoms with Gasteiger partial charge < -0.3 is 9.73 Å². The van der Waals surface area contributed by atoms with Crippen molar-refractivity contribution in [3.05, 3.63) is 64.1 Å². The van der Waals surface area contributed by atoms with Crippen molar-refractivity contribution < 1.29 is 9.21 Å². The summed E-state index contributed by atoms with van der Waals surface area (Å²) in [6.07, 6.45) is 0.309. The minimum absolute atomic E-state index is 0.105. The van der Waals surface area contributed by atoms with E-state index in [1.807, 2.05) is 31.2 Å². The van der Waals surface area contributed by atoms with Crippen molar-refractivity contribution in [3.63, 3.8) is 0 Å². The Kier molecular flexibility index (Phi) is 3.55. The van der Waals surface area contributed by atoms with Crippen LogP contribution in [0.5, 0.6) is 0 Å². The van der Waals surface area contributed by atoms with Crippen LogP contribution in [-0.4, -0.2) is 10.5 Å². The van der Waals surface area contributed by atoms with E-state index in [1.54, 1.807) is 25.2 Å². The van der Waals surface area contributed by atoms with Crippen LogP contribution in [0.1, 0.15) is 11.1 Å². The summed E-state index contributed by atoms with van der Waals surface area (Å²) in [5, 5.41) is 2.83. The third-order valence-electron chi connectivity index (χ3n) is 3.69. The van der Waals surface area contributed by atoms with E-state index < -0.39 is 5.76 Å². The molecule has 0 bridgehead atoms. The molecule has 5 nitrogen and oxygen atoms in total. The Morgan fingerprint density at radius 3 is 2.77 bits per heavy atom. The maximum absolute atomic E-state index is 12.1. The molecule has 1 amide bonds. The van der Waals surface area contributed by atoms with Gasteiger partial charge in [-0.15, -0.1) is 0 Å². The Labute approximate surface area is 127 Å². The van der Waals surface area contributed by atoms with Crippen molar-refractivity contribution in [2.45, 2.75) is 13.3 Å². The Morgan fingerprint density at radius 2 is 2.00 bits per heavy atom. The number of amides is 1. The van der Waals surface area contributed by atoms with Crippen LogP contribution in [0.2, 0.25) is 0 Å². The first-order valence-electron chi connectivity index (χ1n) is 6.98. The van der Waals surface area contributed by atoms with Crippen LogP contribution in [0.25, 0.3) is 11.1 Å². The predicted octanol–water partition coefficient (Wildman–Crippen LogP) is 2.62. The SMILES string of the molecule is Cc1ccccc1CC(=O)Nc1ccc2c(c1)oc(=O)n2C. The monoisotopic (exact) mass is 296 g/mol. The minimum Gasteiger partial charge on any atom is -0.408 e. The molecule has 0 aliphatic carbocycles. The molecule has 1 N–H and O–H groups in total. The number of carbonyl (C=O) groups excluding carboxylic acids is 1. The van der Waals surface area contributed by atoms with Gasteiger partial charge in [0.05, 0.1) is 11.9 Å². The molecule has 0 atom stereocenters. The number of carbonyl (C=O) groups is 1. The van der Waals surface area contributed by atoms with Crippen LogP contribution in [-0.2, 0) is 18.3 Å². The molecule has 0 spiro atoms. The number of benzene rings is 2. The topological polar surface area (TPSA) is 64.2 Å². The molecule has 3 aromatic rings. The maximum Gasteiger partial charge on any atom is 0.419 e. The van der Waals surface area contributed by atoms with Crippen LogP contribution >= 0.6 is 0 Å². The smallest absolute Gasteiger partial charge is 0.408 e. The fraction of sp³-hybridized carbons (Fsp3) is 0.176. The van der Waals surface area contributed by atoms with Gasteiger partial charge >= 0.3 is 5.76 Å². The number of aryl methyl sites for hydroxylation is 2. The number of rotatable bonds is 3. The van der Waals surface area contributed by atoms with Crippen LogP contribution in [0.4, 0.5) is 5.69 Å². The highest BCUT2D eigenvalue weighted by atomic mass is 16.4. The highest BCUT2D eigenvalue weighted by Crippen LogP contribution is 2.18. The fourth-order valence-corrected chi connectivity index (χ4v) is 2.40. The molecule has 0 saturated heterocycles. The molecule has 0 aliphatic rings. The number of nitrogens with one attached hydrogen (secondary N) is 1. The Morgan fingerprint density at radius 1 is 1.23 bits per heavy atom. The predicted molar refractivity (Wildman–Crippen MR) is 85.0 cm³/mol. The number of aromatic nitrogens is 1. The van der Waals surface area contributed by atoms with Crippen LogP contribution < -0.4 is 11.1 Å². The van der Waals surface area contributed by atoms with E-state index in [2.05, 4.69) is 5.32 Å². The molecular weight excluding hydrogens is 280 g/mol. The number of hydrogen-bond donors (Lipinski definition) is 1. The van der Waals surface area contributed by atoms with Crippen molar-refractivity contribution in [3.8, 4) is 0 Å². The van der Waals surface area contributed by atoms with Gasteiger partial charge in [-0.05, 0) is 30.2 Å². The Hall–Kier alpha value is -2.82. The Balaban J connectivity index is 1.79. The third-order valence-corrected chi connectivity index (χ3v) is 3.69. The number of nitrogens with zero attached hydrogens (tertiary/aromatic N) is 1. The van der Waals surface area contributed by atoms with Gasteiger partial charge in [-0.2, -0.15) is 0 Å². The summed E-state index contributed by atoms with van der Waals surface area (Å²) in [6.45, 7) is 1.98. The van der Waals surface area contributed by atoms with Gasteiger partial charge in [0.15, 0.2) is 5.58 Å². The number of hydrogen-bond acceptors (Lipinski definition) is 3. The average molecular weight is 296 g/mol. The summed E-state index contributed by atoms with van der Waals surface area (Å²) in [7, 11) is 1.64. The van der Waals surface area contributed by atoms with Gasteiger partial charge in [-0.1, -0.05) is 24.3 Å². The lowest BCUT2D eigenvalue weighted by Crippen LogP contribution is -2.14. The van der Waals surface area contributed by atoms with E-state index in [1.165, 1.54) is 4.57 Å². The maximum atomic E-state index is 12.1. The molecule has 0 unspecified atom stereocenters. The lowest BCUT2D eigenvalue weighted by Gasteiger charge is -2.07. The summed E-state index contributed by atoms with van der Waals surface area (Å²) in [5.74, 6) is -0.523. The molecule has 5 heteroatoms. The summed E-state index contributed by atoms with van der Waals surface area (Å²) in [4.78, 5) is 23.6. The molecule has 22 heavy (non-hydrogen) atoms. The largest absolute Gasteiger partial charge is 0.419 e. The first-order chi connectivity index (χ1) is 10.5. The lowest BCUT2D eigenvalue weighted by atomic mass is 10.1. The first kappa shape index (κ1) is 14.1. The van der Waals surface area contributed by atoms with E-state index >= 15 is 0 Å².